The minimum absolute atomic E-state index is 0.00989. The molecule has 0 aliphatic carbocycles. The summed E-state index contributed by atoms with van der Waals surface area (Å²) < 4.78 is 2.02. The van der Waals surface area contributed by atoms with Crippen molar-refractivity contribution in [2.75, 3.05) is 6.54 Å². The largest absolute Gasteiger partial charge is 0.481 e. The van der Waals surface area contributed by atoms with Crippen LogP contribution in [0.5, 0.6) is 0 Å². The first-order valence-corrected chi connectivity index (χ1v) is 11.9. The van der Waals surface area contributed by atoms with Crippen LogP contribution in [-0.4, -0.2) is 50.5 Å². The molecule has 7 nitrogen and oxygen atoms in total. The summed E-state index contributed by atoms with van der Waals surface area (Å²) in [7, 11) is 0. The van der Waals surface area contributed by atoms with Gasteiger partial charge in [0, 0.05) is 30.0 Å². The Morgan fingerprint density at radius 1 is 0.914 bits per heavy atom. The molecule has 0 aliphatic heterocycles. The second kappa shape index (κ2) is 12.3. The Hall–Kier alpha value is -3.42. The molecule has 0 saturated heterocycles. The highest BCUT2D eigenvalue weighted by Gasteiger charge is 2.24. The molecule has 3 aromatic rings. The maximum absolute atomic E-state index is 13.3. The molecular weight excluding hydrogens is 444 g/mol. The number of nitrogens with one attached hydrogen (secondary N) is 1. The van der Waals surface area contributed by atoms with E-state index in [1.165, 1.54) is 0 Å². The highest BCUT2D eigenvalue weighted by atomic mass is 16.4. The van der Waals surface area contributed by atoms with Crippen molar-refractivity contribution in [1.82, 2.24) is 9.88 Å². The molecule has 3 rings (SSSR count). The van der Waals surface area contributed by atoms with Gasteiger partial charge in [-0.05, 0) is 44.2 Å². The summed E-state index contributed by atoms with van der Waals surface area (Å²) in [6.45, 7) is 4.82. The predicted octanol–water partition coefficient (Wildman–Crippen LogP) is 3.72. The molecule has 0 fully saturated rings. The molecule has 0 spiro atoms. The first kappa shape index (κ1) is 26.2. The monoisotopic (exact) mass is 478 g/mol. The average Bonchev–Trinajstić information content (AvgIpc) is 3.07. The molecule has 1 heterocycles. The molecular formula is C28H34N2O5. The van der Waals surface area contributed by atoms with E-state index in [1.807, 2.05) is 79.1 Å². The highest BCUT2D eigenvalue weighted by Crippen LogP contribution is 2.33. The van der Waals surface area contributed by atoms with Crippen molar-refractivity contribution in [1.29, 1.82) is 0 Å². The lowest BCUT2D eigenvalue weighted by Gasteiger charge is -2.16. The number of hydrogen-bond donors (Lipinski definition) is 4. The fourth-order valence-electron chi connectivity index (χ4n) is 4.50. The number of aromatic nitrogens is 1. The number of carbonyl (C=O) groups is 2. The number of carbonyl (C=O) groups excluding carboxylic acids is 1. The number of aliphatic carboxylic acids is 1. The fourth-order valence-corrected chi connectivity index (χ4v) is 4.50. The van der Waals surface area contributed by atoms with Gasteiger partial charge in [0.2, 0.25) is 0 Å². The van der Waals surface area contributed by atoms with Gasteiger partial charge in [0.05, 0.1) is 24.2 Å². The van der Waals surface area contributed by atoms with E-state index in [2.05, 4.69) is 5.32 Å². The zero-order valence-corrected chi connectivity index (χ0v) is 20.3. The third-order valence-corrected chi connectivity index (χ3v) is 6.26. The summed E-state index contributed by atoms with van der Waals surface area (Å²) in [5.74, 6) is -1.24. The summed E-state index contributed by atoms with van der Waals surface area (Å²) in [6.07, 6.45) is -1.30. The van der Waals surface area contributed by atoms with Crippen LogP contribution in [0.15, 0.2) is 60.7 Å². The lowest BCUT2D eigenvalue weighted by Crippen LogP contribution is -2.26. The molecule has 2 atom stereocenters. The van der Waals surface area contributed by atoms with Crippen LogP contribution in [0.1, 0.15) is 46.6 Å². The summed E-state index contributed by atoms with van der Waals surface area (Å²) in [6, 6.07) is 19.7. The van der Waals surface area contributed by atoms with E-state index in [0.717, 1.165) is 34.5 Å². The van der Waals surface area contributed by atoms with Gasteiger partial charge in [-0.1, -0.05) is 60.7 Å². The molecule has 0 unspecified atom stereocenters. The van der Waals surface area contributed by atoms with Gasteiger partial charge in [-0.25, -0.2) is 0 Å². The SMILES string of the molecule is Cc1c(C(=O)NCCc2ccccc2)c(-c2ccccc2)c(C)n1CC[C@@H](O)C[C@@H](O)CC(=O)O. The maximum Gasteiger partial charge on any atom is 0.305 e. The molecule has 0 radical (unpaired) electrons. The van der Waals surface area contributed by atoms with E-state index < -0.39 is 24.6 Å². The van der Waals surface area contributed by atoms with E-state index in [9.17, 15) is 19.8 Å². The number of hydrogen-bond acceptors (Lipinski definition) is 4. The maximum atomic E-state index is 13.3. The molecule has 0 aliphatic rings. The van der Waals surface area contributed by atoms with Gasteiger partial charge in [-0.15, -0.1) is 0 Å². The quantitative estimate of drug-likeness (QED) is 0.317. The van der Waals surface area contributed by atoms with E-state index in [4.69, 9.17) is 5.11 Å². The smallest absolute Gasteiger partial charge is 0.305 e. The molecule has 35 heavy (non-hydrogen) atoms. The third kappa shape index (κ3) is 7.04. The van der Waals surface area contributed by atoms with E-state index in [0.29, 0.717) is 25.1 Å². The van der Waals surface area contributed by atoms with Crippen molar-refractivity contribution in [2.45, 2.75) is 58.3 Å². The topological polar surface area (TPSA) is 112 Å². The van der Waals surface area contributed by atoms with Gasteiger partial charge in [-0.2, -0.15) is 0 Å². The summed E-state index contributed by atoms with van der Waals surface area (Å²) >= 11 is 0. The standard InChI is InChI=1S/C28H34N2O5/c1-19-26(22-11-7-4-8-12-22)27(28(35)29-15-13-21-9-5-3-6-10-21)20(2)30(19)16-14-23(31)17-24(32)18-25(33)34/h3-12,23-24,31-32H,13-18H2,1-2H3,(H,29,35)(H,33,34)/t23-,24-/m1/s1. The molecule has 1 aromatic heterocycles. The number of nitrogens with zero attached hydrogens (tertiary/aromatic N) is 1. The number of aliphatic hydroxyl groups is 2. The molecule has 4 N–H and O–H groups in total. The van der Waals surface area contributed by atoms with Gasteiger partial charge in [0.1, 0.15) is 0 Å². The number of amides is 1. The van der Waals surface area contributed by atoms with Crippen LogP contribution in [-0.2, 0) is 17.8 Å². The molecule has 0 bridgehead atoms. The van der Waals surface area contributed by atoms with Crippen molar-refractivity contribution in [3.8, 4) is 11.1 Å². The Labute approximate surface area is 206 Å². The van der Waals surface area contributed by atoms with Crippen LogP contribution in [0.25, 0.3) is 11.1 Å². The molecule has 2 aromatic carbocycles. The van der Waals surface area contributed by atoms with Gasteiger partial charge < -0.3 is 25.2 Å². The zero-order chi connectivity index (χ0) is 25.4. The van der Waals surface area contributed by atoms with Crippen LogP contribution in [0.2, 0.25) is 0 Å². The zero-order valence-electron chi connectivity index (χ0n) is 20.3. The van der Waals surface area contributed by atoms with Crippen LogP contribution >= 0.6 is 0 Å². The van der Waals surface area contributed by atoms with Crippen LogP contribution < -0.4 is 5.32 Å². The first-order valence-electron chi connectivity index (χ1n) is 11.9. The van der Waals surface area contributed by atoms with Crippen LogP contribution in [0.3, 0.4) is 0 Å². The van der Waals surface area contributed by atoms with Gasteiger partial charge in [0.25, 0.3) is 5.91 Å². The summed E-state index contributed by atoms with van der Waals surface area (Å²) in [5, 5.41) is 32.1. The average molecular weight is 479 g/mol. The lowest BCUT2D eigenvalue weighted by molar-refractivity contribution is -0.139. The van der Waals surface area contributed by atoms with Crippen molar-refractivity contribution < 1.29 is 24.9 Å². The van der Waals surface area contributed by atoms with Crippen molar-refractivity contribution in [3.63, 3.8) is 0 Å². The normalized spacial score (nSPS) is 12.8. The third-order valence-electron chi connectivity index (χ3n) is 6.26. The van der Waals surface area contributed by atoms with E-state index in [1.54, 1.807) is 0 Å². The Balaban J connectivity index is 1.79. The Morgan fingerprint density at radius 2 is 1.54 bits per heavy atom. The Kier molecular flexibility index (Phi) is 9.23. The number of rotatable bonds is 12. The van der Waals surface area contributed by atoms with Gasteiger partial charge >= 0.3 is 5.97 Å². The Bertz CT molecular complexity index is 1130. The number of benzene rings is 2. The minimum Gasteiger partial charge on any atom is -0.481 e. The molecule has 0 saturated carbocycles. The first-order chi connectivity index (χ1) is 16.8. The number of carboxylic acid groups (broad SMARTS) is 1. The summed E-state index contributed by atoms with van der Waals surface area (Å²) in [4.78, 5) is 24.1. The second-order valence-electron chi connectivity index (χ2n) is 8.86. The van der Waals surface area contributed by atoms with E-state index >= 15 is 0 Å². The highest BCUT2D eigenvalue weighted by molar-refractivity contribution is 6.03. The lowest BCUT2D eigenvalue weighted by atomic mass is 10.00. The predicted molar refractivity (Wildman–Crippen MR) is 135 cm³/mol. The van der Waals surface area contributed by atoms with Crippen LogP contribution in [0, 0.1) is 13.8 Å². The Morgan fingerprint density at radius 3 is 2.17 bits per heavy atom. The summed E-state index contributed by atoms with van der Waals surface area (Å²) in [5.41, 5.74) is 5.29. The fraction of sp³-hybridized carbons (Fsp3) is 0.357. The van der Waals surface area contributed by atoms with Crippen LogP contribution in [0.4, 0.5) is 0 Å². The van der Waals surface area contributed by atoms with Gasteiger partial charge in [-0.3, -0.25) is 9.59 Å². The van der Waals surface area contributed by atoms with Gasteiger partial charge in [0.15, 0.2) is 0 Å². The minimum atomic E-state index is -1.10. The molecule has 7 heteroatoms. The number of carboxylic acids is 1. The van der Waals surface area contributed by atoms with Crippen molar-refractivity contribution in [3.05, 3.63) is 83.2 Å². The van der Waals surface area contributed by atoms with Crippen molar-refractivity contribution >= 4 is 11.9 Å². The number of aliphatic hydroxyl groups excluding tert-OH is 2. The van der Waals surface area contributed by atoms with Crippen molar-refractivity contribution in [2.24, 2.45) is 0 Å². The molecule has 186 valence electrons. The van der Waals surface area contributed by atoms with E-state index in [-0.39, 0.29) is 12.3 Å². The molecule has 1 amide bonds. The second-order valence-corrected chi connectivity index (χ2v) is 8.86.